The quantitative estimate of drug-likeness (QED) is 0.855. The topological polar surface area (TPSA) is 68.7 Å². The third kappa shape index (κ3) is 3.44. The van der Waals surface area contributed by atoms with Crippen molar-refractivity contribution in [2.75, 3.05) is 5.32 Å². The number of hydrogen-bond acceptors (Lipinski definition) is 2. The Hall–Kier alpha value is -2.27. The molecular weight excluding hydrogens is 351 g/mol. The number of carbonyl (C=O) groups is 1. The Bertz CT molecular complexity index is 731. The maximum absolute atomic E-state index is 12.9. The molecule has 0 fully saturated rings. The van der Waals surface area contributed by atoms with Crippen molar-refractivity contribution in [3.05, 3.63) is 51.8 Å². The Morgan fingerprint density at radius 2 is 2.05 bits per heavy atom. The molecule has 21 heavy (non-hydrogen) atoms. The maximum atomic E-state index is 12.9. The number of alkyl halides is 3. The zero-order valence-electron chi connectivity index (χ0n) is 10.3. The Kier molecular flexibility index (Phi) is 4.04. The van der Waals surface area contributed by atoms with Crippen LogP contribution in [0.25, 0.3) is 0 Å². The zero-order chi connectivity index (χ0) is 15.6. The molecule has 0 spiro atoms. The van der Waals surface area contributed by atoms with Crippen LogP contribution in [0.2, 0.25) is 0 Å². The fourth-order valence-electron chi connectivity index (χ4n) is 1.65. The molecule has 0 saturated carbocycles. The molecule has 8 heteroatoms. The predicted octanol–water partition coefficient (Wildman–Crippen LogP) is 3.92. The van der Waals surface area contributed by atoms with E-state index < -0.39 is 23.3 Å². The van der Waals surface area contributed by atoms with Crippen molar-refractivity contribution in [1.29, 1.82) is 5.26 Å². The average molecular weight is 358 g/mol. The van der Waals surface area contributed by atoms with Crippen molar-refractivity contribution in [3.8, 4) is 6.07 Å². The molecule has 4 nitrogen and oxygen atoms in total. The molecule has 0 atom stereocenters. The van der Waals surface area contributed by atoms with Gasteiger partial charge in [0, 0.05) is 10.7 Å². The van der Waals surface area contributed by atoms with Gasteiger partial charge in [-0.1, -0.05) is 0 Å². The summed E-state index contributed by atoms with van der Waals surface area (Å²) >= 11 is 3.12. The number of rotatable bonds is 2. The van der Waals surface area contributed by atoms with E-state index >= 15 is 0 Å². The van der Waals surface area contributed by atoms with Crippen molar-refractivity contribution in [2.24, 2.45) is 0 Å². The van der Waals surface area contributed by atoms with E-state index in [4.69, 9.17) is 5.26 Å². The number of nitrogens with one attached hydrogen (secondary N) is 2. The number of benzene rings is 1. The van der Waals surface area contributed by atoms with E-state index in [9.17, 15) is 18.0 Å². The number of anilines is 1. The normalized spacial score (nSPS) is 11.0. The van der Waals surface area contributed by atoms with Crippen LogP contribution in [0, 0.1) is 11.3 Å². The van der Waals surface area contributed by atoms with E-state index in [1.807, 2.05) is 0 Å². The molecule has 0 aliphatic rings. The van der Waals surface area contributed by atoms with Crippen LogP contribution < -0.4 is 5.32 Å². The molecule has 0 aliphatic carbocycles. The fourth-order valence-corrected chi connectivity index (χ4v) is 1.99. The van der Waals surface area contributed by atoms with Crippen molar-refractivity contribution in [3.63, 3.8) is 0 Å². The lowest BCUT2D eigenvalue weighted by atomic mass is 10.1. The van der Waals surface area contributed by atoms with Gasteiger partial charge in [0.2, 0.25) is 0 Å². The van der Waals surface area contributed by atoms with E-state index in [0.29, 0.717) is 10.5 Å². The summed E-state index contributed by atoms with van der Waals surface area (Å²) in [4.78, 5) is 14.5. The number of nitrogens with zero attached hydrogens (tertiary/aromatic N) is 1. The number of amides is 1. The number of H-pyrrole nitrogens is 1. The van der Waals surface area contributed by atoms with Crippen LogP contribution >= 0.6 is 15.9 Å². The molecule has 0 radical (unpaired) electrons. The minimum atomic E-state index is -4.67. The van der Waals surface area contributed by atoms with Gasteiger partial charge in [0.1, 0.15) is 5.69 Å². The van der Waals surface area contributed by atoms with E-state index in [2.05, 4.69) is 26.2 Å². The van der Waals surface area contributed by atoms with Gasteiger partial charge in [0.25, 0.3) is 5.91 Å². The van der Waals surface area contributed by atoms with Crippen LogP contribution in [0.4, 0.5) is 18.9 Å². The van der Waals surface area contributed by atoms with Gasteiger partial charge in [-0.2, -0.15) is 18.4 Å². The van der Waals surface area contributed by atoms with Crippen LogP contribution in [-0.2, 0) is 6.18 Å². The molecule has 1 heterocycles. The number of halogens is 4. The Labute approximate surface area is 125 Å². The monoisotopic (exact) mass is 357 g/mol. The summed E-state index contributed by atoms with van der Waals surface area (Å²) in [6, 6.07) is 6.02. The number of aromatic amines is 1. The lowest BCUT2D eigenvalue weighted by molar-refractivity contribution is -0.136. The predicted molar refractivity (Wildman–Crippen MR) is 72.6 cm³/mol. The molecular formula is C13H7BrF3N3O. The largest absolute Gasteiger partial charge is 0.418 e. The van der Waals surface area contributed by atoms with Crippen molar-refractivity contribution < 1.29 is 18.0 Å². The molecule has 0 bridgehead atoms. The van der Waals surface area contributed by atoms with E-state index in [0.717, 1.165) is 6.07 Å². The zero-order valence-corrected chi connectivity index (χ0v) is 11.8. The molecule has 0 aliphatic heterocycles. The molecule has 2 rings (SSSR count). The first-order chi connectivity index (χ1) is 9.81. The maximum Gasteiger partial charge on any atom is 0.418 e. The molecule has 2 aromatic rings. The van der Waals surface area contributed by atoms with E-state index in [1.54, 1.807) is 6.07 Å². The number of nitriles is 1. The van der Waals surface area contributed by atoms with Gasteiger partial charge >= 0.3 is 6.18 Å². The highest BCUT2D eigenvalue weighted by Gasteiger charge is 2.34. The van der Waals surface area contributed by atoms with Crippen LogP contribution in [0.5, 0.6) is 0 Å². The molecule has 2 N–H and O–H groups in total. The van der Waals surface area contributed by atoms with Crippen molar-refractivity contribution in [2.45, 2.75) is 6.18 Å². The van der Waals surface area contributed by atoms with Gasteiger partial charge in [-0.15, -0.1) is 0 Å². The Morgan fingerprint density at radius 1 is 1.33 bits per heavy atom. The standard InChI is InChI=1S/C13H7BrF3N3O/c14-8-4-11(19-6-8)12(21)20-10-2-1-7(5-18)3-9(10)13(15,16)17/h1-4,6,19H,(H,20,21). The van der Waals surface area contributed by atoms with Gasteiger partial charge in [-0.3, -0.25) is 4.79 Å². The first kappa shape index (κ1) is 15.1. The summed E-state index contributed by atoms with van der Waals surface area (Å²) in [6.45, 7) is 0. The third-order valence-corrected chi connectivity index (χ3v) is 3.05. The molecule has 0 unspecified atom stereocenters. The minimum Gasteiger partial charge on any atom is -0.356 e. The van der Waals surface area contributed by atoms with E-state index in [-0.39, 0.29) is 11.3 Å². The minimum absolute atomic E-state index is 0.111. The lowest BCUT2D eigenvalue weighted by Gasteiger charge is -2.13. The second-order valence-electron chi connectivity index (χ2n) is 4.06. The molecule has 1 aromatic carbocycles. The molecule has 1 amide bonds. The second-order valence-corrected chi connectivity index (χ2v) is 4.97. The first-order valence-electron chi connectivity index (χ1n) is 5.58. The number of carbonyl (C=O) groups excluding carboxylic acids is 1. The Balaban J connectivity index is 2.36. The Morgan fingerprint density at radius 3 is 2.57 bits per heavy atom. The highest BCUT2D eigenvalue weighted by molar-refractivity contribution is 9.10. The van der Waals surface area contributed by atoms with Crippen molar-refractivity contribution in [1.82, 2.24) is 4.98 Å². The summed E-state index contributed by atoms with van der Waals surface area (Å²) in [5, 5.41) is 10.8. The third-order valence-electron chi connectivity index (χ3n) is 2.59. The summed E-state index contributed by atoms with van der Waals surface area (Å²) in [6.07, 6.45) is -3.19. The number of hydrogen-bond donors (Lipinski definition) is 2. The van der Waals surface area contributed by atoms with Crippen LogP contribution in [0.3, 0.4) is 0 Å². The molecule has 108 valence electrons. The van der Waals surface area contributed by atoms with Gasteiger partial charge < -0.3 is 10.3 Å². The van der Waals surface area contributed by atoms with Gasteiger partial charge in [0.05, 0.1) is 22.9 Å². The molecule has 0 saturated heterocycles. The highest BCUT2D eigenvalue weighted by Crippen LogP contribution is 2.35. The summed E-state index contributed by atoms with van der Waals surface area (Å²) in [5.74, 6) is -0.712. The first-order valence-corrected chi connectivity index (χ1v) is 6.37. The SMILES string of the molecule is N#Cc1ccc(NC(=O)c2cc(Br)c[nH]2)c(C(F)(F)F)c1. The van der Waals surface area contributed by atoms with Crippen LogP contribution in [0.1, 0.15) is 21.6 Å². The van der Waals surface area contributed by atoms with Crippen molar-refractivity contribution >= 4 is 27.5 Å². The van der Waals surface area contributed by atoms with Gasteiger partial charge in [-0.05, 0) is 40.2 Å². The lowest BCUT2D eigenvalue weighted by Crippen LogP contribution is -2.17. The highest BCUT2D eigenvalue weighted by atomic mass is 79.9. The van der Waals surface area contributed by atoms with Gasteiger partial charge in [-0.25, -0.2) is 0 Å². The number of aromatic nitrogens is 1. The van der Waals surface area contributed by atoms with E-state index in [1.165, 1.54) is 18.3 Å². The summed E-state index contributed by atoms with van der Waals surface area (Å²) in [5.41, 5.74) is -1.50. The van der Waals surface area contributed by atoms with Crippen LogP contribution in [0.15, 0.2) is 34.9 Å². The summed E-state index contributed by atoms with van der Waals surface area (Å²) in [7, 11) is 0. The average Bonchev–Trinajstić information content (AvgIpc) is 2.84. The smallest absolute Gasteiger partial charge is 0.356 e. The second kappa shape index (κ2) is 5.61. The molecule has 1 aromatic heterocycles. The summed E-state index contributed by atoms with van der Waals surface area (Å²) < 4.78 is 39.4. The fraction of sp³-hybridized carbons (Fsp3) is 0.0769. The van der Waals surface area contributed by atoms with Gasteiger partial charge in [0.15, 0.2) is 0 Å². The van der Waals surface area contributed by atoms with Crippen LogP contribution in [-0.4, -0.2) is 10.9 Å².